The van der Waals surface area contributed by atoms with E-state index in [1.54, 1.807) is 25.1 Å². The number of alkyl halides is 5. The van der Waals surface area contributed by atoms with Gasteiger partial charge < -0.3 is 20.5 Å². The number of rotatable bonds is 10. The number of carbonyl (C=O) groups excluding carboxylic acids is 2. The molecule has 1 atom stereocenters. The average Bonchev–Trinajstić information content (AvgIpc) is 3.64. The highest BCUT2D eigenvalue weighted by Crippen LogP contribution is 2.29. The number of imidazole rings is 1. The molecule has 1 aliphatic rings. The molecule has 10 nitrogen and oxygen atoms in total. The Balaban J connectivity index is 0.000000588. The molecule has 226 valence electrons. The van der Waals surface area contributed by atoms with Crippen molar-refractivity contribution in [2.75, 3.05) is 7.05 Å². The molecule has 2 aromatic heterocycles. The monoisotopic (exact) mass is 595 g/mol. The normalized spacial score (nSPS) is 13.6. The molecule has 1 fully saturated rings. The summed E-state index contributed by atoms with van der Waals surface area (Å²) in [5.41, 5.74) is 1.91. The molecule has 3 aromatic rings. The molecule has 2 heterocycles. The fourth-order valence-electron chi connectivity index (χ4n) is 3.26. The van der Waals surface area contributed by atoms with Crippen LogP contribution >= 0.6 is 0 Å². The smallest absolute Gasteiger partial charge is 0.351 e. The van der Waals surface area contributed by atoms with E-state index in [0.717, 1.165) is 7.05 Å². The summed E-state index contributed by atoms with van der Waals surface area (Å²) in [5.74, 6) is -0.566. The maximum absolute atomic E-state index is 13.3. The van der Waals surface area contributed by atoms with Gasteiger partial charge in [-0.1, -0.05) is 44.3 Å². The van der Waals surface area contributed by atoms with E-state index >= 15 is 0 Å². The summed E-state index contributed by atoms with van der Waals surface area (Å²) in [6.45, 7) is 4.31. The molecule has 0 aliphatic heterocycles. The van der Waals surface area contributed by atoms with Gasteiger partial charge in [-0.3, -0.25) is 9.59 Å². The number of hydrogen-bond acceptors (Lipinski definition) is 7. The number of fused-ring (bicyclic) bond motifs is 1. The van der Waals surface area contributed by atoms with E-state index < -0.39 is 35.8 Å². The van der Waals surface area contributed by atoms with Crippen LogP contribution in [0.1, 0.15) is 60.7 Å². The van der Waals surface area contributed by atoms with Gasteiger partial charge in [-0.05, 0) is 42.2 Å². The molecule has 17 heteroatoms. The molecule has 4 radical (unpaired) electrons. The zero-order valence-electron chi connectivity index (χ0n) is 23.6. The van der Waals surface area contributed by atoms with Crippen molar-refractivity contribution in [1.29, 1.82) is 0 Å². The third kappa shape index (κ3) is 10.1. The Hall–Kier alpha value is -3.49. The van der Waals surface area contributed by atoms with Crippen molar-refractivity contribution in [3.63, 3.8) is 0 Å². The summed E-state index contributed by atoms with van der Waals surface area (Å²) in [6.07, 6.45) is -2.27. The number of carbonyl (C=O) groups is 2. The zero-order valence-corrected chi connectivity index (χ0v) is 23.6. The lowest BCUT2D eigenvalue weighted by Crippen LogP contribution is -2.66. The minimum atomic E-state index is -4.78. The van der Waals surface area contributed by atoms with Gasteiger partial charge in [0.05, 0.1) is 33.3 Å². The van der Waals surface area contributed by atoms with Gasteiger partial charge in [-0.25, -0.2) is 18.4 Å². The summed E-state index contributed by atoms with van der Waals surface area (Å²) in [6, 6.07) is 2.41. The van der Waals surface area contributed by atoms with Crippen LogP contribution in [0.4, 0.5) is 22.0 Å². The van der Waals surface area contributed by atoms with E-state index in [9.17, 15) is 31.5 Å². The molecule has 0 saturated heterocycles. The van der Waals surface area contributed by atoms with Gasteiger partial charge in [0.15, 0.2) is 5.69 Å². The van der Waals surface area contributed by atoms with E-state index in [1.165, 1.54) is 33.1 Å². The van der Waals surface area contributed by atoms with Gasteiger partial charge in [-0.15, -0.1) is 0 Å². The van der Waals surface area contributed by atoms with Crippen LogP contribution in [0.3, 0.4) is 0 Å². The zero-order chi connectivity index (χ0) is 31.7. The van der Waals surface area contributed by atoms with Crippen molar-refractivity contribution >= 4 is 39.0 Å². The Bertz CT molecular complexity index is 1290. The van der Waals surface area contributed by atoms with E-state index in [2.05, 4.69) is 30.2 Å². The number of likely N-dealkylation sites (N-methyl/N-ethyl adjacent to an activating group) is 1. The lowest BCUT2D eigenvalue weighted by molar-refractivity contribution is -0.168. The van der Waals surface area contributed by atoms with Crippen LogP contribution < -0.4 is 10.6 Å². The lowest BCUT2D eigenvalue weighted by atomic mass is 9.56. The van der Waals surface area contributed by atoms with Crippen molar-refractivity contribution in [2.24, 2.45) is 5.92 Å². The molecule has 0 spiro atoms. The van der Waals surface area contributed by atoms with Gasteiger partial charge >= 0.3 is 6.18 Å². The van der Waals surface area contributed by atoms with Gasteiger partial charge in [0.1, 0.15) is 17.6 Å². The molecule has 1 unspecified atom stereocenters. The quantitative estimate of drug-likeness (QED) is 0.186. The van der Waals surface area contributed by atoms with Gasteiger partial charge in [0.25, 0.3) is 5.91 Å². The minimum Gasteiger partial charge on any atom is -0.351 e. The number of H-pyrrole nitrogens is 1. The highest BCUT2D eigenvalue weighted by Gasteiger charge is 2.49. The number of nitrogens with one attached hydrogen (secondary N) is 3. The number of aromatic amines is 1. The molecular formula is C25H32B2F5N7O3. The number of hydrogen-bond donors (Lipinski definition) is 3. The first-order chi connectivity index (χ1) is 19.6. The number of aryl methyl sites for hydroxylation is 1. The van der Waals surface area contributed by atoms with Crippen LogP contribution in [0.15, 0.2) is 22.8 Å². The van der Waals surface area contributed by atoms with Crippen LogP contribution in [0.2, 0.25) is 0 Å². The number of benzene rings is 1. The summed E-state index contributed by atoms with van der Waals surface area (Å²) in [5, 5.41) is 9.13. The van der Waals surface area contributed by atoms with Gasteiger partial charge in [0.2, 0.25) is 12.8 Å². The van der Waals surface area contributed by atoms with Crippen LogP contribution in [0, 0.1) is 12.8 Å². The van der Waals surface area contributed by atoms with E-state index in [4.69, 9.17) is 15.7 Å². The number of aromatic nitrogens is 4. The highest BCUT2D eigenvalue weighted by molar-refractivity contribution is 6.41. The molecule has 2 amide bonds. The molecular weight excluding hydrogens is 563 g/mol. The topological polar surface area (TPSA) is 129 Å². The average molecular weight is 595 g/mol. The summed E-state index contributed by atoms with van der Waals surface area (Å²) < 4.78 is 66.7. The van der Waals surface area contributed by atoms with Crippen molar-refractivity contribution in [2.45, 2.75) is 77.1 Å². The Labute approximate surface area is 242 Å². The molecule has 1 aliphatic carbocycles. The SMILES string of the molecule is C1CC1.CC(C)C(F)F.[B]C([B])(C(NC)C(F)(F)F)N(C=O)Cc1ccc2nc(CNC(=O)c3nonc3C)[nH]c2c1. The van der Waals surface area contributed by atoms with Crippen LogP contribution in [-0.4, -0.2) is 84.2 Å². The second kappa shape index (κ2) is 15.1. The van der Waals surface area contributed by atoms with Gasteiger partial charge in [0, 0.05) is 12.5 Å². The molecule has 1 saturated carbocycles. The highest BCUT2D eigenvalue weighted by atomic mass is 19.4. The maximum atomic E-state index is 13.3. The second-order valence-corrected chi connectivity index (χ2v) is 9.94. The number of halogens is 5. The van der Waals surface area contributed by atoms with E-state index in [-0.39, 0.29) is 25.2 Å². The first-order valence-corrected chi connectivity index (χ1v) is 13.0. The molecule has 4 rings (SSSR count). The molecule has 1 aromatic carbocycles. The predicted octanol–water partition coefficient (Wildman–Crippen LogP) is 3.36. The van der Waals surface area contributed by atoms with Crippen molar-refractivity contribution in [1.82, 2.24) is 35.8 Å². The first-order valence-electron chi connectivity index (χ1n) is 13.0. The standard InChI is InChI=1S/C18H18B2F3N7O3.C4H8F2.C3H6/c1-9-14(29-33-28-9)15(32)25-6-13-26-11-4-3-10(5-12(11)27-13)7-30(8-31)17(19,20)16(24-2)18(21,22)23;1-3(2)4(5)6;1-2-3-1/h3-5,8,16,24H,6-7H2,1-2H3,(H,25,32)(H,26,27);3-4H,1-2H3;1-3H2. The fourth-order valence-corrected chi connectivity index (χ4v) is 3.26. The summed E-state index contributed by atoms with van der Waals surface area (Å²) in [4.78, 5) is 31.6. The largest absolute Gasteiger partial charge is 0.404 e. The van der Waals surface area contributed by atoms with Crippen LogP contribution in [0.25, 0.3) is 11.0 Å². The summed E-state index contributed by atoms with van der Waals surface area (Å²) >= 11 is 0. The fraction of sp³-hybridized carbons (Fsp3) is 0.560. The Morgan fingerprint density at radius 2 is 1.81 bits per heavy atom. The van der Waals surface area contributed by atoms with E-state index in [1.807, 2.05) is 5.32 Å². The Morgan fingerprint density at radius 3 is 2.26 bits per heavy atom. The maximum Gasteiger partial charge on any atom is 0.404 e. The van der Waals surface area contributed by atoms with Gasteiger partial charge in [-0.2, -0.15) is 13.2 Å². The van der Waals surface area contributed by atoms with Crippen LogP contribution in [0.5, 0.6) is 0 Å². The minimum absolute atomic E-state index is 0.0414. The third-order valence-corrected chi connectivity index (χ3v) is 5.79. The number of nitrogens with zero attached hydrogens (tertiary/aromatic N) is 4. The lowest BCUT2D eigenvalue weighted by Gasteiger charge is -2.44. The molecule has 3 N–H and O–H groups in total. The molecule has 42 heavy (non-hydrogen) atoms. The molecule has 0 bridgehead atoms. The van der Waals surface area contributed by atoms with Crippen molar-refractivity contribution in [3.8, 4) is 0 Å². The third-order valence-electron chi connectivity index (χ3n) is 5.79. The summed E-state index contributed by atoms with van der Waals surface area (Å²) in [7, 11) is 12.5. The first kappa shape index (κ1) is 34.7. The van der Waals surface area contributed by atoms with Crippen molar-refractivity contribution in [3.05, 3.63) is 41.0 Å². The Morgan fingerprint density at radius 1 is 1.19 bits per heavy atom. The Kier molecular flexibility index (Phi) is 12.5. The van der Waals surface area contributed by atoms with E-state index in [0.29, 0.717) is 33.0 Å². The predicted molar refractivity (Wildman–Crippen MR) is 146 cm³/mol. The van der Waals surface area contributed by atoms with Crippen LogP contribution in [-0.2, 0) is 17.9 Å². The van der Waals surface area contributed by atoms with Crippen molar-refractivity contribution < 1.29 is 36.2 Å². The number of amides is 2. The second-order valence-electron chi connectivity index (χ2n) is 9.94.